The van der Waals surface area contributed by atoms with E-state index in [0.29, 0.717) is 11.1 Å². The summed E-state index contributed by atoms with van der Waals surface area (Å²) in [6.07, 6.45) is -1.65. The number of hydrogen-bond acceptors (Lipinski definition) is 4. The standard InChI is InChI=1S/C37H28F3N5O2/c1-24-19-34(27-7-3-2-4-8-27)45(44-24)31-17-11-25(12-18-31)21-42-35(46)28-20-30(23-41-22-28)43-36(47)33-10-6-5-9-32(33)26-13-15-29(16-14-26)37(38,39)40/h2-20,22-23H,21H2,1H3,(H,42,46)(H,43,47). The minimum atomic E-state index is -4.46. The molecule has 0 bridgehead atoms. The Morgan fingerprint density at radius 3 is 2.19 bits per heavy atom. The van der Waals surface area contributed by atoms with Crippen LogP contribution in [0.5, 0.6) is 0 Å². The number of hydrogen-bond donors (Lipinski definition) is 2. The van der Waals surface area contributed by atoms with Crippen LogP contribution in [-0.4, -0.2) is 26.6 Å². The van der Waals surface area contributed by atoms with Crippen molar-refractivity contribution in [3.8, 4) is 28.1 Å². The van der Waals surface area contributed by atoms with Crippen molar-refractivity contribution in [2.75, 3.05) is 5.32 Å². The minimum Gasteiger partial charge on any atom is -0.348 e. The van der Waals surface area contributed by atoms with E-state index in [-0.39, 0.29) is 29.3 Å². The molecule has 6 aromatic rings. The first-order chi connectivity index (χ1) is 22.7. The maximum absolute atomic E-state index is 13.2. The lowest BCUT2D eigenvalue weighted by molar-refractivity contribution is -0.137. The third-order valence-corrected chi connectivity index (χ3v) is 7.49. The van der Waals surface area contributed by atoms with Crippen molar-refractivity contribution in [2.24, 2.45) is 0 Å². The van der Waals surface area contributed by atoms with Gasteiger partial charge in [-0.2, -0.15) is 18.3 Å². The van der Waals surface area contributed by atoms with Gasteiger partial charge in [0.05, 0.1) is 40.1 Å². The normalized spacial score (nSPS) is 11.2. The summed E-state index contributed by atoms with van der Waals surface area (Å²) in [5.74, 6) is -0.875. The molecule has 2 N–H and O–H groups in total. The van der Waals surface area contributed by atoms with E-state index in [2.05, 4.69) is 20.7 Å². The number of amides is 2. The van der Waals surface area contributed by atoms with Crippen LogP contribution in [-0.2, 0) is 12.7 Å². The third-order valence-electron chi connectivity index (χ3n) is 7.49. The van der Waals surface area contributed by atoms with Gasteiger partial charge in [-0.25, -0.2) is 4.68 Å². The Morgan fingerprint density at radius 1 is 0.766 bits per heavy atom. The van der Waals surface area contributed by atoms with Crippen LogP contribution in [0, 0.1) is 6.92 Å². The summed E-state index contributed by atoms with van der Waals surface area (Å²) in [7, 11) is 0. The molecule has 0 unspecified atom stereocenters. The maximum atomic E-state index is 13.2. The molecule has 0 aliphatic carbocycles. The molecule has 2 heterocycles. The molecule has 0 atom stereocenters. The number of rotatable bonds is 8. The van der Waals surface area contributed by atoms with E-state index < -0.39 is 17.6 Å². The topological polar surface area (TPSA) is 88.9 Å². The number of benzene rings is 4. The van der Waals surface area contributed by atoms with Crippen LogP contribution in [0.25, 0.3) is 28.1 Å². The van der Waals surface area contributed by atoms with Gasteiger partial charge in [-0.3, -0.25) is 14.6 Å². The van der Waals surface area contributed by atoms with Crippen LogP contribution in [0.4, 0.5) is 18.9 Å². The van der Waals surface area contributed by atoms with Crippen molar-refractivity contribution < 1.29 is 22.8 Å². The van der Waals surface area contributed by atoms with Gasteiger partial charge in [-0.1, -0.05) is 72.8 Å². The number of anilines is 1. The smallest absolute Gasteiger partial charge is 0.348 e. The first-order valence-electron chi connectivity index (χ1n) is 14.7. The van der Waals surface area contributed by atoms with Crippen LogP contribution in [0.15, 0.2) is 128 Å². The Balaban J connectivity index is 1.11. The number of halogens is 3. The van der Waals surface area contributed by atoms with Crippen molar-refractivity contribution >= 4 is 17.5 Å². The summed E-state index contributed by atoms with van der Waals surface area (Å²) in [6.45, 7) is 2.21. The van der Waals surface area contributed by atoms with E-state index in [9.17, 15) is 22.8 Å². The average Bonchev–Trinajstić information content (AvgIpc) is 3.49. The van der Waals surface area contributed by atoms with Gasteiger partial charge >= 0.3 is 6.18 Å². The van der Waals surface area contributed by atoms with Gasteiger partial charge in [0.2, 0.25) is 0 Å². The van der Waals surface area contributed by atoms with Gasteiger partial charge in [-0.05, 0) is 66.1 Å². The molecule has 2 amide bonds. The first kappa shape index (κ1) is 31.0. The van der Waals surface area contributed by atoms with E-state index in [1.165, 1.54) is 30.6 Å². The number of carbonyl (C=O) groups is 2. The highest BCUT2D eigenvalue weighted by atomic mass is 19.4. The molecule has 4 aromatic carbocycles. The average molecular weight is 632 g/mol. The lowest BCUT2D eigenvalue weighted by atomic mass is 9.98. The molecule has 0 spiro atoms. The highest BCUT2D eigenvalue weighted by molar-refractivity contribution is 6.09. The lowest BCUT2D eigenvalue weighted by Crippen LogP contribution is -2.23. The summed E-state index contributed by atoms with van der Waals surface area (Å²) < 4.78 is 41.0. The fourth-order valence-corrected chi connectivity index (χ4v) is 5.15. The second-order valence-electron chi connectivity index (χ2n) is 10.8. The molecule has 10 heteroatoms. The zero-order valence-electron chi connectivity index (χ0n) is 25.1. The lowest BCUT2D eigenvalue weighted by Gasteiger charge is -2.12. The van der Waals surface area contributed by atoms with Gasteiger partial charge in [0.1, 0.15) is 0 Å². The molecular formula is C37H28F3N5O2. The van der Waals surface area contributed by atoms with Crippen molar-refractivity contribution in [1.29, 1.82) is 0 Å². The number of alkyl halides is 3. The fraction of sp³-hybridized carbons (Fsp3) is 0.0811. The van der Waals surface area contributed by atoms with E-state index >= 15 is 0 Å². The summed E-state index contributed by atoms with van der Waals surface area (Å²) in [5, 5.41) is 10.3. The zero-order chi connectivity index (χ0) is 33.0. The summed E-state index contributed by atoms with van der Waals surface area (Å²) in [4.78, 5) is 30.3. The Labute approximate surface area is 268 Å². The predicted molar refractivity (Wildman–Crippen MR) is 174 cm³/mol. The van der Waals surface area contributed by atoms with E-state index in [0.717, 1.165) is 40.3 Å². The molecule has 6 rings (SSSR count). The fourth-order valence-electron chi connectivity index (χ4n) is 5.15. The number of aryl methyl sites for hydroxylation is 1. The number of carbonyl (C=O) groups excluding carboxylic acids is 2. The largest absolute Gasteiger partial charge is 0.416 e. The Morgan fingerprint density at radius 2 is 1.47 bits per heavy atom. The molecular weight excluding hydrogens is 603 g/mol. The number of nitrogens with zero attached hydrogens (tertiary/aromatic N) is 3. The summed E-state index contributed by atoms with van der Waals surface area (Å²) in [5.41, 5.74) is 5.64. The molecule has 234 valence electrons. The van der Waals surface area contributed by atoms with Crippen LogP contribution < -0.4 is 10.6 Å². The van der Waals surface area contributed by atoms with Crippen molar-refractivity contribution in [2.45, 2.75) is 19.6 Å². The van der Waals surface area contributed by atoms with Gasteiger partial charge < -0.3 is 10.6 Å². The van der Waals surface area contributed by atoms with Gasteiger partial charge in [0.25, 0.3) is 11.8 Å². The predicted octanol–water partition coefficient (Wildman–Crippen LogP) is 8.11. The molecule has 47 heavy (non-hydrogen) atoms. The van der Waals surface area contributed by atoms with Gasteiger partial charge in [0, 0.05) is 23.9 Å². The maximum Gasteiger partial charge on any atom is 0.416 e. The SMILES string of the molecule is Cc1cc(-c2ccccc2)n(-c2ccc(CNC(=O)c3cncc(NC(=O)c4ccccc4-c4ccc(C(F)(F)F)cc4)c3)cc2)n1. The summed E-state index contributed by atoms with van der Waals surface area (Å²) >= 11 is 0. The number of nitrogens with one attached hydrogen (secondary N) is 2. The molecule has 0 saturated heterocycles. The van der Waals surface area contributed by atoms with Crippen LogP contribution in [0.1, 0.15) is 37.5 Å². The first-order valence-corrected chi connectivity index (χ1v) is 14.7. The highest BCUT2D eigenvalue weighted by Gasteiger charge is 2.30. The Kier molecular flexibility index (Phi) is 8.66. The minimum absolute atomic E-state index is 0.245. The van der Waals surface area contributed by atoms with Crippen LogP contribution in [0.3, 0.4) is 0 Å². The quantitative estimate of drug-likeness (QED) is 0.178. The number of pyridine rings is 1. The van der Waals surface area contributed by atoms with E-state index in [1.54, 1.807) is 24.3 Å². The summed E-state index contributed by atoms with van der Waals surface area (Å²) in [6, 6.07) is 32.5. The second-order valence-corrected chi connectivity index (χ2v) is 10.8. The molecule has 0 fully saturated rings. The Bertz CT molecular complexity index is 2040. The van der Waals surface area contributed by atoms with E-state index in [4.69, 9.17) is 0 Å². The van der Waals surface area contributed by atoms with Crippen LogP contribution >= 0.6 is 0 Å². The molecule has 7 nitrogen and oxygen atoms in total. The molecule has 0 aliphatic heterocycles. The molecule has 0 aliphatic rings. The van der Waals surface area contributed by atoms with Gasteiger partial charge in [0.15, 0.2) is 0 Å². The molecule has 0 radical (unpaired) electrons. The van der Waals surface area contributed by atoms with Crippen molar-refractivity contribution in [3.63, 3.8) is 0 Å². The van der Waals surface area contributed by atoms with Crippen molar-refractivity contribution in [3.05, 3.63) is 156 Å². The zero-order valence-corrected chi connectivity index (χ0v) is 25.1. The van der Waals surface area contributed by atoms with Gasteiger partial charge in [-0.15, -0.1) is 0 Å². The van der Waals surface area contributed by atoms with E-state index in [1.807, 2.05) is 72.3 Å². The van der Waals surface area contributed by atoms with Crippen molar-refractivity contribution in [1.82, 2.24) is 20.1 Å². The monoisotopic (exact) mass is 631 g/mol. The molecule has 0 saturated carbocycles. The van der Waals surface area contributed by atoms with Crippen LogP contribution in [0.2, 0.25) is 0 Å². The highest BCUT2D eigenvalue weighted by Crippen LogP contribution is 2.32. The second kappa shape index (κ2) is 13.1. The Hall–Kier alpha value is -6.03. The molecule has 2 aromatic heterocycles. The number of aromatic nitrogens is 3. The third kappa shape index (κ3) is 7.12.